The van der Waals surface area contributed by atoms with Crippen molar-refractivity contribution in [2.24, 2.45) is 0 Å². The molecule has 0 aliphatic carbocycles. The number of unbranched alkanes of at least 4 members (excludes halogenated alkanes) is 1. The smallest absolute Gasteiger partial charge is 0.246 e. The highest BCUT2D eigenvalue weighted by atomic mass is 16.2. The van der Waals surface area contributed by atoms with Crippen LogP contribution in [0.25, 0.3) is 0 Å². The van der Waals surface area contributed by atoms with E-state index in [1.165, 1.54) is 0 Å². The van der Waals surface area contributed by atoms with Gasteiger partial charge in [0.25, 0.3) is 0 Å². The zero-order valence-electron chi connectivity index (χ0n) is 12.1. The van der Waals surface area contributed by atoms with Crippen LogP contribution in [0.2, 0.25) is 0 Å². The number of hydrogen-bond acceptors (Lipinski definition) is 2. The minimum absolute atomic E-state index is 0.137. The molecule has 17 heavy (non-hydrogen) atoms. The molecule has 3 nitrogen and oxygen atoms in total. The average Bonchev–Trinajstić information content (AvgIpc) is 2.29. The fraction of sp³-hybridized carbons (Fsp3) is 0.786. The number of likely N-dealkylation sites (N-methyl/N-ethyl adjacent to an activating group) is 2. The minimum Gasteiger partial charge on any atom is -0.339 e. The van der Waals surface area contributed by atoms with Gasteiger partial charge in [0.2, 0.25) is 5.91 Å². The van der Waals surface area contributed by atoms with Gasteiger partial charge in [-0.2, -0.15) is 0 Å². The normalized spacial score (nSPS) is 11.7. The maximum atomic E-state index is 11.9. The summed E-state index contributed by atoms with van der Waals surface area (Å²) < 4.78 is 0. The maximum absolute atomic E-state index is 11.9. The summed E-state index contributed by atoms with van der Waals surface area (Å²) >= 11 is 0. The zero-order valence-corrected chi connectivity index (χ0v) is 12.1. The Labute approximate surface area is 106 Å². The second-order valence-corrected chi connectivity index (χ2v) is 4.71. The standard InChI is InChI=1S/C14H28N2O/c1-6-8-12-16(7-2)14(17)10-9-11-15(5)13(3)4/h9-10,13H,6-8,11-12H2,1-5H3/b10-9+. The monoisotopic (exact) mass is 240 g/mol. The van der Waals surface area contributed by atoms with Crippen molar-refractivity contribution in [3.05, 3.63) is 12.2 Å². The number of amides is 1. The first-order chi connectivity index (χ1) is 8.02. The van der Waals surface area contributed by atoms with Crippen LogP contribution in [0.5, 0.6) is 0 Å². The Morgan fingerprint density at radius 1 is 1.29 bits per heavy atom. The van der Waals surface area contributed by atoms with Gasteiger partial charge in [0, 0.05) is 31.8 Å². The van der Waals surface area contributed by atoms with E-state index in [0.29, 0.717) is 6.04 Å². The second kappa shape index (κ2) is 9.23. The Morgan fingerprint density at radius 2 is 1.94 bits per heavy atom. The number of rotatable bonds is 8. The first-order valence-corrected chi connectivity index (χ1v) is 6.68. The molecule has 0 rings (SSSR count). The molecule has 1 amide bonds. The molecule has 0 saturated carbocycles. The van der Waals surface area contributed by atoms with Crippen LogP contribution in [0.1, 0.15) is 40.5 Å². The molecule has 0 aromatic heterocycles. The van der Waals surface area contributed by atoms with E-state index in [-0.39, 0.29) is 5.91 Å². The molecule has 0 heterocycles. The van der Waals surface area contributed by atoms with E-state index in [2.05, 4.69) is 32.7 Å². The molecule has 0 aromatic rings. The van der Waals surface area contributed by atoms with Crippen LogP contribution >= 0.6 is 0 Å². The SMILES string of the molecule is CCCCN(CC)C(=O)/C=C/CN(C)C(C)C. The molecule has 0 radical (unpaired) electrons. The lowest BCUT2D eigenvalue weighted by Gasteiger charge is -2.20. The summed E-state index contributed by atoms with van der Waals surface area (Å²) in [4.78, 5) is 16.0. The number of carbonyl (C=O) groups is 1. The lowest BCUT2D eigenvalue weighted by Crippen LogP contribution is -2.31. The molecular weight excluding hydrogens is 212 g/mol. The topological polar surface area (TPSA) is 23.6 Å². The third-order valence-electron chi connectivity index (χ3n) is 3.01. The largest absolute Gasteiger partial charge is 0.339 e. The van der Waals surface area contributed by atoms with Crippen molar-refractivity contribution in [3.63, 3.8) is 0 Å². The van der Waals surface area contributed by atoms with Crippen molar-refractivity contribution in [3.8, 4) is 0 Å². The molecule has 0 atom stereocenters. The van der Waals surface area contributed by atoms with Crippen LogP contribution in [-0.2, 0) is 4.79 Å². The van der Waals surface area contributed by atoms with Crippen molar-refractivity contribution < 1.29 is 4.79 Å². The molecule has 0 bridgehead atoms. The van der Waals surface area contributed by atoms with Crippen LogP contribution in [0.3, 0.4) is 0 Å². The second-order valence-electron chi connectivity index (χ2n) is 4.71. The van der Waals surface area contributed by atoms with Crippen molar-refractivity contribution in [1.29, 1.82) is 0 Å². The molecule has 3 heteroatoms. The Bertz CT molecular complexity index is 236. The summed E-state index contributed by atoms with van der Waals surface area (Å²) in [6, 6.07) is 0.511. The zero-order chi connectivity index (χ0) is 13.3. The number of nitrogens with zero attached hydrogens (tertiary/aromatic N) is 2. The summed E-state index contributed by atoms with van der Waals surface area (Å²) in [5, 5.41) is 0. The predicted molar refractivity (Wildman–Crippen MR) is 74.1 cm³/mol. The molecule has 0 N–H and O–H groups in total. The quantitative estimate of drug-likeness (QED) is 0.609. The molecule has 0 saturated heterocycles. The molecule has 0 aliphatic heterocycles. The Morgan fingerprint density at radius 3 is 2.41 bits per heavy atom. The lowest BCUT2D eigenvalue weighted by molar-refractivity contribution is -0.125. The molecule has 0 unspecified atom stereocenters. The molecule has 0 fully saturated rings. The highest BCUT2D eigenvalue weighted by Gasteiger charge is 2.07. The van der Waals surface area contributed by atoms with Crippen molar-refractivity contribution >= 4 is 5.91 Å². The fourth-order valence-electron chi connectivity index (χ4n) is 1.41. The molecule has 0 aliphatic rings. The van der Waals surface area contributed by atoms with Gasteiger partial charge in [-0.15, -0.1) is 0 Å². The van der Waals surface area contributed by atoms with E-state index >= 15 is 0 Å². The van der Waals surface area contributed by atoms with Crippen molar-refractivity contribution in [2.45, 2.75) is 46.6 Å². The first-order valence-electron chi connectivity index (χ1n) is 6.68. The van der Waals surface area contributed by atoms with Crippen LogP contribution < -0.4 is 0 Å². The van der Waals surface area contributed by atoms with Crippen LogP contribution in [0.4, 0.5) is 0 Å². The summed E-state index contributed by atoms with van der Waals surface area (Å²) in [7, 11) is 2.06. The van der Waals surface area contributed by atoms with Gasteiger partial charge in [0.15, 0.2) is 0 Å². The highest BCUT2D eigenvalue weighted by Crippen LogP contribution is 1.98. The van der Waals surface area contributed by atoms with Gasteiger partial charge in [0.1, 0.15) is 0 Å². The van der Waals surface area contributed by atoms with E-state index in [1.54, 1.807) is 6.08 Å². The van der Waals surface area contributed by atoms with Crippen molar-refractivity contribution in [1.82, 2.24) is 9.80 Å². The van der Waals surface area contributed by atoms with Gasteiger partial charge in [-0.1, -0.05) is 19.4 Å². The minimum atomic E-state index is 0.137. The highest BCUT2D eigenvalue weighted by molar-refractivity contribution is 5.87. The number of carbonyl (C=O) groups excluding carboxylic acids is 1. The Kier molecular flexibility index (Phi) is 8.78. The summed E-state index contributed by atoms with van der Waals surface area (Å²) in [5.41, 5.74) is 0. The van der Waals surface area contributed by atoms with E-state index < -0.39 is 0 Å². The number of hydrogen-bond donors (Lipinski definition) is 0. The van der Waals surface area contributed by atoms with Gasteiger partial charge in [0.05, 0.1) is 0 Å². The van der Waals surface area contributed by atoms with E-state index in [0.717, 1.165) is 32.5 Å². The molecule has 100 valence electrons. The molecule has 0 spiro atoms. The summed E-state index contributed by atoms with van der Waals surface area (Å²) in [6.07, 6.45) is 5.87. The van der Waals surface area contributed by atoms with Gasteiger partial charge < -0.3 is 9.80 Å². The van der Waals surface area contributed by atoms with Gasteiger partial charge in [-0.25, -0.2) is 0 Å². The third-order valence-corrected chi connectivity index (χ3v) is 3.01. The van der Waals surface area contributed by atoms with Crippen LogP contribution in [0.15, 0.2) is 12.2 Å². The Hall–Kier alpha value is -0.830. The van der Waals surface area contributed by atoms with E-state index in [9.17, 15) is 4.79 Å². The van der Waals surface area contributed by atoms with Crippen molar-refractivity contribution in [2.75, 3.05) is 26.7 Å². The summed E-state index contributed by atoms with van der Waals surface area (Å²) in [6.45, 7) is 11.0. The summed E-state index contributed by atoms with van der Waals surface area (Å²) in [5.74, 6) is 0.137. The fourth-order valence-corrected chi connectivity index (χ4v) is 1.41. The van der Waals surface area contributed by atoms with Gasteiger partial charge >= 0.3 is 0 Å². The van der Waals surface area contributed by atoms with Crippen LogP contribution in [-0.4, -0.2) is 48.4 Å². The Balaban J connectivity index is 4.08. The maximum Gasteiger partial charge on any atom is 0.246 e. The van der Waals surface area contributed by atoms with Crippen LogP contribution in [0, 0.1) is 0 Å². The van der Waals surface area contributed by atoms with E-state index in [1.807, 2.05) is 17.9 Å². The lowest BCUT2D eigenvalue weighted by atomic mass is 10.3. The van der Waals surface area contributed by atoms with E-state index in [4.69, 9.17) is 0 Å². The molecular formula is C14H28N2O. The van der Waals surface area contributed by atoms with Gasteiger partial charge in [-0.3, -0.25) is 4.79 Å². The predicted octanol–water partition coefficient (Wildman–Crippen LogP) is 2.53. The average molecular weight is 240 g/mol. The van der Waals surface area contributed by atoms with Gasteiger partial charge in [-0.05, 0) is 34.2 Å². The molecule has 0 aromatic carbocycles. The third kappa shape index (κ3) is 7.16. The first kappa shape index (κ1) is 16.2.